The molecular formula is C19H22N2O5S2. The number of nitrogens with zero attached hydrogens (tertiary/aromatic N) is 2. The van der Waals surface area contributed by atoms with Crippen LogP contribution in [0.1, 0.15) is 33.7 Å². The number of hydrogen-bond acceptors (Lipinski definition) is 6. The first kappa shape index (κ1) is 20.6. The van der Waals surface area contributed by atoms with Gasteiger partial charge >= 0.3 is 5.97 Å². The molecule has 0 amide bonds. The highest BCUT2D eigenvalue weighted by Gasteiger charge is 2.29. The van der Waals surface area contributed by atoms with E-state index >= 15 is 0 Å². The van der Waals surface area contributed by atoms with Crippen molar-refractivity contribution in [3.05, 3.63) is 47.8 Å². The molecule has 0 N–H and O–H groups in total. The summed E-state index contributed by atoms with van der Waals surface area (Å²) in [4.78, 5) is 25.7. The smallest absolute Gasteiger partial charge is 0.355 e. The Balaban J connectivity index is 1.67. The molecule has 1 saturated heterocycles. The quantitative estimate of drug-likeness (QED) is 0.387. The first-order chi connectivity index (χ1) is 13.3. The number of aryl methyl sites for hydroxylation is 1. The highest BCUT2D eigenvalue weighted by molar-refractivity contribution is 7.98. The summed E-state index contributed by atoms with van der Waals surface area (Å²) in [5.74, 6) is -1.06. The number of Topliss-reactive ketones (excluding diaryl/α,β-unsaturated/α-hetero) is 1. The van der Waals surface area contributed by atoms with Gasteiger partial charge in [0.1, 0.15) is 10.6 Å². The molecule has 1 aromatic carbocycles. The summed E-state index contributed by atoms with van der Waals surface area (Å²) in [6.45, 7) is 0.568. The van der Waals surface area contributed by atoms with Gasteiger partial charge in [0.15, 0.2) is 12.4 Å². The summed E-state index contributed by atoms with van der Waals surface area (Å²) >= 11 is 1.57. The molecule has 1 aromatic heterocycles. The Morgan fingerprint density at radius 3 is 2.39 bits per heavy atom. The van der Waals surface area contributed by atoms with Crippen LogP contribution in [0.15, 0.2) is 46.3 Å². The first-order valence-corrected chi connectivity index (χ1v) is 11.5. The van der Waals surface area contributed by atoms with E-state index in [1.54, 1.807) is 30.9 Å². The van der Waals surface area contributed by atoms with Gasteiger partial charge in [-0.25, -0.2) is 13.2 Å². The Hall–Kier alpha value is -2.10. The minimum Gasteiger partial charge on any atom is -0.453 e. The maximum absolute atomic E-state index is 12.6. The second-order valence-electron chi connectivity index (χ2n) is 6.51. The summed E-state index contributed by atoms with van der Waals surface area (Å²) < 4.78 is 33.2. The molecule has 0 spiro atoms. The van der Waals surface area contributed by atoms with Gasteiger partial charge in [-0.1, -0.05) is 12.1 Å². The second-order valence-corrected chi connectivity index (χ2v) is 9.33. The van der Waals surface area contributed by atoms with Crippen LogP contribution in [0.2, 0.25) is 0 Å². The molecule has 1 aliphatic heterocycles. The highest BCUT2D eigenvalue weighted by atomic mass is 32.2. The molecule has 150 valence electrons. The number of esters is 1. The lowest BCUT2D eigenvalue weighted by molar-refractivity contribution is 0.0465. The van der Waals surface area contributed by atoms with E-state index in [4.69, 9.17) is 4.74 Å². The monoisotopic (exact) mass is 422 g/mol. The predicted octanol–water partition coefficient (Wildman–Crippen LogP) is 2.57. The van der Waals surface area contributed by atoms with Gasteiger partial charge in [-0.2, -0.15) is 4.31 Å². The zero-order valence-corrected chi connectivity index (χ0v) is 17.4. The molecule has 0 aliphatic carbocycles. The predicted molar refractivity (Wildman–Crippen MR) is 106 cm³/mol. The van der Waals surface area contributed by atoms with Gasteiger partial charge in [-0.05, 0) is 37.3 Å². The van der Waals surface area contributed by atoms with Crippen LogP contribution in [0.5, 0.6) is 0 Å². The molecule has 2 aromatic rings. The summed E-state index contributed by atoms with van der Waals surface area (Å²) in [7, 11) is -2.05. The third-order valence-corrected chi connectivity index (χ3v) is 7.25. The van der Waals surface area contributed by atoms with Crippen LogP contribution in [-0.4, -0.2) is 55.0 Å². The van der Waals surface area contributed by atoms with Crippen molar-refractivity contribution in [2.75, 3.05) is 26.0 Å². The lowest BCUT2D eigenvalue weighted by atomic mass is 10.1. The number of benzene rings is 1. The largest absolute Gasteiger partial charge is 0.453 e. The number of hydrogen-bond donors (Lipinski definition) is 0. The molecule has 0 atom stereocenters. The van der Waals surface area contributed by atoms with Gasteiger partial charge < -0.3 is 9.30 Å². The zero-order chi connectivity index (χ0) is 20.3. The lowest BCUT2D eigenvalue weighted by Crippen LogP contribution is -2.27. The first-order valence-electron chi connectivity index (χ1n) is 8.84. The van der Waals surface area contributed by atoms with Gasteiger partial charge in [0, 0.05) is 36.8 Å². The van der Waals surface area contributed by atoms with E-state index in [0.29, 0.717) is 18.7 Å². The molecule has 3 rings (SSSR count). The number of carbonyl (C=O) groups excluding carboxylic acids is 2. The molecule has 1 fully saturated rings. The minimum atomic E-state index is -3.62. The normalized spacial score (nSPS) is 14.9. The van der Waals surface area contributed by atoms with E-state index in [0.717, 1.165) is 17.7 Å². The third kappa shape index (κ3) is 4.31. The van der Waals surface area contributed by atoms with Crippen LogP contribution < -0.4 is 0 Å². The topological polar surface area (TPSA) is 85.7 Å². The van der Waals surface area contributed by atoms with Crippen molar-refractivity contribution >= 4 is 33.5 Å². The maximum Gasteiger partial charge on any atom is 0.355 e. The number of ketones is 1. The average Bonchev–Trinajstić information content (AvgIpc) is 3.36. The minimum absolute atomic E-state index is 0.0582. The summed E-state index contributed by atoms with van der Waals surface area (Å²) in [5.41, 5.74) is 0.540. The third-order valence-electron chi connectivity index (χ3n) is 4.64. The van der Waals surface area contributed by atoms with E-state index < -0.39 is 22.6 Å². The Morgan fingerprint density at radius 2 is 1.79 bits per heavy atom. The van der Waals surface area contributed by atoms with E-state index in [9.17, 15) is 18.0 Å². The Bertz CT molecular complexity index is 974. The molecule has 0 bridgehead atoms. The molecule has 0 radical (unpaired) electrons. The van der Waals surface area contributed by atoms with Crippen molar-refractivity contribution in [3.63, 3.8) is 0 Å². The van der Waals surface area contributed by atoms with Crippen molar-refractivity contribution in [1.29, 1.82) is 0 Å². The molecule has 28 heavy (non-hydrogen) atoms. The fourth-order valence-corrected chi connectivity index (χ4v) is 5.02. The van der Waals surface area contributed by atoms with E-state index in [2.05, 4.69) is 0 Å². The van der Waals surface area contributed by atoms with Crippen LogP contribution in [0, 0.1) is 0 Å². The van der Waals surface area contributed by atoms with Crippen LogP contribution >= 0.6 is 11.8 Å². The number of rotatable bonds is 7. The number of thioether (sulfide) groups is 1. The fraction of sp³-hybridized carbons (Fsp3) is 0.368. The van der Waals surface area contributed by atoms with Crippen molar-refractivity contribution in [3.8, 4) is 0 Å². The molecular weight excluding hydrogens is 400 g/mol. The lowest BCUT2D eigenvalue weighted by Gasteiger charge is -2.13. The van der Waals surface area contributed by atoms with E-state index in [1.807, 2.05) is 18.4 Å². The summed E-state index contributed by atoms with van der Waals surface area (Å²) in [6, 6.07) is 8.32. The molecule has 0 saturated carbocycles. The van der Waals surface area contributed by atoms with E-state index in [1.165, 1.54) is 21.1 Å². The van der Waals surface area contributed by atoms with Crippen LogP contribution in [0.3, 0.4) is 0 Å². The molecule has 0 unspecified atom stereocenters. The van der Waals surface area contributed by atoms with Crippen molar-refractivity contribution in [2.45, 2.75) is 22.6 Å². The van der Waals surface area contributed by atoms with Gasteiger partial charge in [-0.15, -0.1) is 11.8 Å². The SMILES string of the molecule is CSc1ccc(C(=O)COC(=O)c2cc(S(=O)(=O)N3CCCC3)cn2C)cc1. The molecule has 2 heterocycles. The Kier molecular flexibility index (Phi) is 6.26. The van der Waals surface area contributed by atoms with Crippen LogP contribution in [0.4, 0.5) is 0 Å². The molecule has 7 nitrogen and oxygen atoms in total. The Labute approximate surface area is 168 Å². The summed E-state index contributed by atoms with van der Waals surface area (Å²) in [6.07, 6.45) is 5.01. The number of ether oxygens (including phenoxy) is 1. The van der Waals surface area contributed by atoms with Gasteiger partial charge in [-0.3, -0.25) is 4.79 Å². The summed E-state index contributed by atoms with van der Waals surface area (Å²) in [5, 5.41) is 0. The highest BCUT2D eigenvalue weighted by Crippen LogP contribution is 2.23. The average molecular weight is 423 g/mol. The van der Waals surface area contributed by atoms with Crippen LogP contribution in [0.25, 0.3) is 0 Å². The standard InChI is InChI=1S/C19H22N2O5S2/c1-20-12-16(28(24,25)21-9-3-4-10-21)11-17(20)19(23)26-13-18(22)14-5-7-15(27-2)8-6-14/h5-8,11-12H,3-4,9-10,13H2,1-2H3. The maximum atomic E-state index is 12.6. The van der Waals surface area contributed by atoms with Gasteiger partial charge in [0.2, 0.25) is 10.0 Å². The van der Waals surface area contributed by atoms with Gasteiger partial charge in [0.05, 0.1) is 0 Å². The molecule has 9 heteroatoms. The number of aromatic nitrogens is 1. The van der Waals surface area contributed by atoms with Crippen molar-refractivity contribution in [1.82, 2.24) is 8.87 Å². The van der Waals surface area contributed by atoms with Gasteiger partial charge in [0.25, 0.3) is 0 Å². The fourth-order valence-electron chi connectivity index (χ4n) is 3.02. The van der Waals surface area contributed by atoms with Crippen molar-refractivity contribution < 1.29 is 22.7 Å². The Morgan fingerprint density at radius 1 is 1.14 bits per heavy atom. The second kappa shape index (κ2) is 8.50. The number of sulfonamides is 1. The van der Waals surface area contributed by atoms with E-state index in [-0.39, 0.29) is 16.4 Å². The zero-order valence-electron chi connectivity index (χ0n) is 15.8. The number of carbonyl (C=O) groups is 2. The molecule has 1 aliphatic rings. The van der Waals surface area contributed by atoms with Crippen molar-refractivity contribution in [2.24, 2.45) is 7.05 Å². The van der Waals surface area contributed by atoms with Crippen LogP contribution in [-0.2, 0) is 21.8 Å².